The van der Waals surface area contributed by atoms with E-state index in [9.17, 15) is 4.39 Å². The van der Waals surface area contributed by atoms with Crippen LogP contribution in [0.5, 0.6) is 0 Å². The maximum Gasteiger partial charge on any atom is 0.192 e. The predicted octanol–water partition coefficient (Wildman–Crippen LogP) is 4.03. The highest BCUT2D eigenvalue weighted by Crippen LogP contribution is 2.32. The van der Waals surface area contributed by atoms with Gasteiger partial charge in [-0.3, -0.25) is 4.99 Å². The molecule has 116 valence electrons. The number of nitrogens with zero attached hydrogens (tertiary/aromatic N) is 2. The number of aryl methyl sites for hydroxylation is 1. The van der Waals surface area contributed by atoms with Gasteiger partial charge in [0, 0.05) is 36.1 Å². The summed E-state index contributed by atoms with van der Waals surface area (Å²) in [6.07, 6.45) is 3.73. The van der Waals surface area contributed by atoms with E-state index in [0.29, 0.717) is 29.1 Å². The number of oxazole rings is 1. The third kappa shape index (κ3) is 3.82. The maximum atomic E-state index is 13.3. The number of rotatable bonds is 5. The second-order valence-corrected chi connectivity index (χ2v) is 5.53. The summed E-state index contributed by atoms with van der Waals surface area (Å²) in [5.74, 6) is 0.838. The first-order chi connectivity index (χ1) is 10.5. The Bertz CT molecular complexity index is 722. The normalized spacial score (nSPS) is 12.3. The van der Waals surface area contributed by atoms with Crippen molar-refractivity contribution in [3.8, 4) is 11.3 Å². The topological polar surface area (TPSA) is 64.4 Å². The van der Waals surface area contributed by atoms with Crippen LogP contribution in [-0.2, 0) is 6.42 Å². The number of allylic oxidation sites excluding steroid dienone is 1. The van der Waals surface area contributed by atoms with E-state index in [1.54, 1.807) is 19.2 Å². The Kier molecular flexibility index (Phi) is 5.49. The molecule has 0 aliphatic carbocycles. The summed E-state index contributed by atoms with van der Waals surface area (Å²) in [4.78, 5) is 8.59. The highest BCUT2D eigenvalue weighted by molar-refractivity contribution is 9.10. The molecule has 0 radical (unpaired) electrons. The van der Waals surface area contributed by atoms with Crippen LogP contribution < -0.4 is 5.73 Å². The van der Waals surface area contributed by atoms with Crippen molar-refractivity contribution in [1.29, 1.82) is 0 Å². The minimum absolute atomic E-state index is 0.314. The summed E-state index contributed by atoms with van der Waals surface area (Å²) in [7, 11) is 0. The van der Waals surface area contributed by atoms with Gasteiger partial charge in [0.1, 0.15) is 5.82 Å². The molecule has 2 aromatic rings. The van der Waals surface area contributed by atoms with Crippen LogP contribution in [0.25, 0.3) is 11.3 Å². The van der Waals surface area contributed by atoms with Crippen LogP contribution in [0, 0.1) is 12.7 Å². The van der Waals surface area contributed by atoms with E-state index in [4.69, 9.17) is 10.2 Å². The highest BCUT2D eigenvalue weighted by atomic mass is 79.9. The Labute approximate surface area is 137 Å². The first-order valence-corrected chi connectivity index (χ1v) is 7.66. The van der Waals surface area contributed by atoms with Crippen molar-refractivity contribution < 1.29 is 8.81 Å². The first-order valence-electron chi connectivity index (χ1n) is 6.87. The van der Waals surface area contributed by atoms with Crippen molar-refractivity contribution in [2.24, 2.45) is 10.7 Å². The summed E-state index contributed by atoms with van der Waals surface area (Å²) in [6, 6.07) is 4.45. The van der Waals surface area contributed by atoms with Gasteiger partial charge in [-0.25, -0.2) is 9.37 Å². The maximum absolute atomic E-state index is 13.3. The zero-order valence-corrected chi connectivity index (χ0v) is 14.0. The first kappa shape index (κ1) is 16.4. The molecular formula is C16H17BrFN3O. The van der Waals surface area contributed by atoms with Gasteiger partial charge >= 0.3 is 0 Å². The molecule has 0 aliphatic heterocycles. The summed E-state index contributed by atoms with van der Waals surface area (Å²) < 4.78 is 19.6. The molecule has 1 aromatic carbocycles. The monoisotopic (exact) mass is 365 g/mol. The molecule has 0 spiro atoms. The molecular weight excluding hydrogens is 349 g/mol. The standard InChI is InChI=1S/C16H17BrFN3O/c1-3-20-9-11(8-19)6-15-16(22-10(2)21-15)13-5-4-12(18)7-14(13)17/h4-5,7-9H,3,6,19H2,1-2H3. The van der Waals surface area contributed by atoms with Crippen molar-refractivity contribution in [2.75, 3.05) is 6.54 Å². The molecule has 0 saturated heterocycles. The molecule has 2 rings (SSSR count). The molecule has 0 aliphatic rings. The van der Waals surface area contributed by atoms with E-state index < -0.39 is 0 Å². The Morgan fingerprint density at radius 3 is 2.91 bits per heavy atom. The Morgan fingerprint density at radius 2 is 2.27 bits per heavy atom. The lowest BCUT2D eigenvalue weighted by atomic mass is 10.1. The molecule has 1 heterocycles. The third-order valence-electron chi connectivity index (χ3n) is 3.01. The van der Waals surface area contributed by atoms with E-state index in [0.717, 1.165) is 16.8 Å². The lowest BCUT2D eigenvalue weighted by molar-refractivity contribution is 0.533. The molecule has 0 atom stereocenters. The molecule has 0 bridgehead atoms. The Morgan fingerprint density at radius 1 is 1.50 bits per heavy atom. The second-order valence-electron chi connectivity index (χ2n) is 4.68. The molecule has 0 saturated carbocycles. The largest absolute Gasteiger partial charge is 0.441 e. The molecule has 1 aromatic heterocycles. The quantitative estimate of drug-likeness (QED) is 0.813. The summed E-state index contributed by atoms with van der Waals surface area (Å²) in [5, 5.41) is 0. The van der Waals surface area contributed by atoms with Crippen LogP contribution in [-0.4, -0.2) is 17.7 Å². The molecule has 0 fully saturated rings. The van der Waals surface area contributed by atoms with E-state index >= 15 is 0 Å². The van der Waals surface area contributed by atoms with Crippen molar-refractivity contribution >= 4 is 22.1 Å². The molecule has 0 amide bonds. The van der Waals surface area contributed by atoms with Gasteiger partial charge in [0.05, 0.1) is 5.69 Å². The van der Waals surface area contributed by atoms with Crippen LogP contribution in [0.3, 0.4) is 0 Å². The van der Waals surface area contributed by atoms with Gasteiger partial charge < -0.3 is 10.2 Å². The van der Waals surface area contributed by atoms with Gasteiger partial charge in [0.2, 0.25) is 0 Å². The Hall–Kier alpha value is -1.95. The summed E-state index contributed by atoms with van der Waals surface area (Å²) in [5.41, 5.74) is 7.97. The van der Waals surface area contributed by atoms with Crippen LogP contribution in [0.2, 0.25) is 0 Å². The Balaban J connectivity index is 2.40. The number of aromatic nitrogens is 1. The molecule has 2 N–H and O–H groups in total. The fraction of sp³-hybridized carbons (Fsp3) is 0.250. The summed E-state index contributed by atoms with van der Waals surface area (Å²) >= 11 is 3.36. The van der Waals surface area contributed by atoms with Gasteiger partial charge in [0.25, 0.3) is 0 Å². The van der Waals surface area contributed by atoms with Gasteiger partial charge in [0.15, 0.2) is 11.7 Å². The van der Waals surface area contributed by atoms with E-state index in [1.807, 2.05) is 6.92 Å². The molecule has 6 heteroatoms. The SMILES string of the molecule is CCN=CC(=CN)Cc1nc(C)oc1-c1ccc(F)cc1Br. The minimum atomic E-state index is -0.314. The van der Waals surface area contributed by atoms with Gasteiger partial charge in [-0.05, 0) is 52.8 Å². The van der Waals surface area contributed by atoms with Crippen LogP contribution in [0.15, 0.2) is 43.9 Å². The lowest BCUT2D eigenvalue weighted by Gasteiger charge is -2.04. The number of hydrogen-bond acceptors (Lipinski definition) is 4. The average Bonchev–Trinajstić information content (AvgIpc) is 2.83. The second kappa shape index (κ2) is 7.35. The minimum Gasteiger partial charge on any atom is -0.441 e. The zero-order chi connectivity index (χ0) is 16.1. The lowest BCUT2D eigenvalue weighted by Crippen LogP contribution is -1.99. The van der Waals surface area contributed by atoms with Crippen molar-refractivity contribution in [2.45, 2.75) is 20.3 Å². The van der Waals surface area contributed by atoms with Crippen LogP contribution in [0.1, 0.15) is 18.5 Å². The van der Waals surface area contributed by atoms with Crippen molar-refractivity contribution in [1.82, 2.24) is 4.98 Å². The number of aliphatic imine (C=N–C) groups is 1. The molecule has 0 unspecified atom stereocenters. The number of halogens is 2. The number of benzene rings is 1. The van der Waals surface area contributed by atoms with Crippen molar-refractivity contribution in [3.63, 3.8) is 0 Å². The van der Waals surface area contributed by atoms with Crippen LogP contribution in [0.4, 0.5) is 4.39 Å². The van der Waals surface area contributed by atoms with Crippen LogP contribution >= 0.6 is 15.9 Å². The van der Waals surface area contributed by atoms with E-state index in [2.05, 4.69) is 25.9 Å². The zero-order valence-electron chi connectivity index (χ0n) is 12.4. The average molecular weight is 366 g/mol. The fourth-order valence-corrected chi connectivity index (χ4v) is 2.55. The number of nitrogens with two attached hydrogens (primary N) is 1. The number of hydrogen-bond donors (Lipinski definition) is 1. The summed E-state index contributed by atoms with van der Waals surface area (Å²) in [6.45, 7) is 4.41. The molecule has 4 nitrogen and oxygen atoms in total. The van der Waals surface area contributed by atoms with E-state index in [-0.39, 0.29) is 5.82 Å². The van der Waals surface area contributed by atoms with Gasteiger partial charge in [-0.15, -0.1) is 0 Å². The van der Waals surface area contributed by atoms with Crippen molar-refractivity contribution in [3.05, 3.63) is 51.8 Å². The van der Waals surface area contributed by atoms with Gasteiger partial charge in [-0.1, -0.05) is 0 Å². The fourth-order valence-electron chi connectivity index (χ4n) is 2.02. The van der Waals surface area contributed by atoms with Gasteiger partial charge in [-0.2, -0.15) is 0 Å². The van der Waals surface area contributed by atoms with E-state index in [1.165, 1.54) is 18.3 Å². The predicted molar refractivity (Wildman–Crippen MR) is 89.3 cm³/mol. The molecule has 22 heavy (non-hydrogen) atoms. The smallest absolute Gasteiger partial charge is 0.192 e. The third-order valence-corrected chi connectivity index (χ3v) is 3.66. The highest BCUT2D eigenvalue weighted by Gasteiger charge is 2.17.